The smallest absolute Gasteiger partial charge is 0.165 e. The molecular formula is C21H18FN5O. The summed E-state index contributed by atoms with van der Waals surface area (Å²) >= 11 is 0. The number of hydrogen-bond donors (Lipinski definition) is 1. The van der Waals surface area contributed by atoms with Gasteiger partial charge in [-0.3, -0.25) is 4.98 Å². The van der Waals surface area contributed by atoms with E-state index in [0.29, 0.717) is 12.3 Å². The van der Waals surface area contributed by atoms with Crippen LogP contribution in [0.1, 0.15) is 11.4 Å². The number of anilines is 1. The third-order valence-electron chi connectivity index (χ3n) is 4.08. The molecule has 0 radical (unpaired) electrons. The first-order chi connectivity index (χ1) is 13.7. The summed E-state index contributed by atoms with van der Waals surface area (Å²) in [6.07, 6.45) is 3.62. The van der Waals surface area contributed by atoms with Gasteiger partial charge < -0.3 is 10.1 Å². The lowest BCUT2D eigenvalue weighted by Gasteiger charge is -2.07. The molecule has 4 aromatic rings. The Balaban J connectivity index is 1.41. The number of rotatable bonds is 6. The van der Waals surface area contributed by atoms with E-state index >= 15 is 0 Å². The van der Waals surface area contributed by atoms with Gasteiger partial charge in [-0.05, 0) is 55.5 Å². The van der Waals surface area contributed by atoms with Gasteiger partial charge in [-0.2, -0.15) is 0 Å². The molecular weight excluding hydrogens is 357 g/mol. The molecule has 0 atom stereocenters. The van der Waals surface area contributed by atoms with Gasteiger partial charge in [0.2, 0.25) is 0 Å². The predicted octanol–water partition coefficient (Wildman–Crippen LogP) is 4.51. The van der Waals surface area contributed by atoms with Crippen LogP contribution >= 0.6 is 0 Å². The fraction of sp³-hybridized carbons (Fsp3) is 0.0952. The molecule has 0 spiro atoms. The van der Waals surface area contributed by atoms with Gasteiger partial charge >= 0.3 is 0 Å². The minimum absolute atomic E-state index is 0.190. The maximum Gasteiger partial charge on any atom is 0.165 e. The van der Waals surface area contributed by atoms with Crippen LogP contribution in [0, 0.1) is 12.7 Å². The van der Waals surface area contributed by atoms with Crippen molar-refractivity contribution >= 4 is 5.69 Å². The Morgan fingerprint density at radius 3 is 2.68 bits per heavy atom. The Labute approximate surface area is 161 Å². The molecule has 140 valence electrons. The molecule has 28 heavy (non-hydrogen) atoms. The summed E-state index contributed by atoms with van der Waals surface area (Å²) in [6, 6.07) is 17.4. The molecule has 0 aliphatic carbocycles. The summed E-state index contributed by atoms with van der Waals surface area (Å²) < 4.78 is 20.9. The average Bonchev–Trinajstić information content (AvgIpc) is 3.18. The summed E-state index contributed by atoms with van der Waals surface area (Å²) in [7, 11) is 0. The Bertz CT molecular complexity index is 1080. The standard InChI is InChI=1S/C21H18FN5O/c1-15-12-16(10-11-23-15)24-13-17-14-27(26-25-17)18-6-8-19(9-7-18)28-21-5-3-2-4-20(21)22/h2-12,14H,13H2,1H3,(H,23,24). The van der Waals surface area contributed by atoms with E-state index in [1.807, 2.05) is 37.4 Å². The largest absolute Gasteiger partial charge is 0.454 e. The van der Waals surface area contributed by atoms with Crippen LogP contribution < -0.4 is 10.1 Å². The Kier molecular flexibility index (Phi) is 4.97. The van der Waals surface area contributed by atoms with Gasteiger partial charge in [0.15, 0.2) is 11.6 Å². The number of aryl methyl sites for hydroxylation is 1. The molecule has 0 saturated carbocycles. The van der Waals surface area contributed by atoms with E-state index in [9.17, 15) is 4.39 Å². The van der Waals surface area contributed by atoms with Crippen LogP contribution in [0.4, 0.5) is 10.1 Å². The molecule has 7 heteroatoms. The van der Waals surface area contributed by atoms with Crippen LogP contribution in [0.25, 0.3) is 5.69 Å². The number of nitrogens with zero attached hydrogens (tertiary/aromatic N) is 4. The van der Waals surface area contributed by atoms with Gasteiger partial charge in [0.05, 0.1) is 18.4 Å². The maximum atomic E-state index is 13.7. The first-order valence-electron chi connectivity index (χ1n) is 8.78. The number of ether oxygens (including phenoxy) is 1. The second-order valence-corrected chi connectivity index (χ2v) is 6.22. The topological polar surface area (TPSA) is 64.9 Å². The van der Waals surface area contributed by atoms with Crippen LogP contribution in [0.5, 0.6) is 11.5 Å². The molecule has 0 fully saturated rings. The summed E-state index contributed by atoms with van der Waals surface area (Å²) in [5.41, 5.74) is 3.57. The molecule has 2 aromatic heterocycles. The Morgan fingerprint density at radius 2 is 1.89 bits per heavy atom. The number of nitrogens with one attached hydrogen (secondary N) is 1. The highest BCUT2D eigenvalue weighted by molar-refractivity contribution is 5.43. The van der Waals surface area contributed by atoms with Crippen molar-refractivity contribution in [2.45, 2.75) is 13.5 Å². The number of halogens is 1. The molecule has 6 nitrogen and oxygen atoms in total. The summed E-state index contributed by atoms with van der Waals surface area (Å²) in [6.45, 7) is 2.50. The monoisotopic (exact) mass is 375 g/mol. The molecule has 2 heterocycles. The Morgan fingerprint density at radius 1 is 1.07 bits per heavy atom. The highest BCUT2D eigenvalue weighted by Gasteiger charge is 2.06. The van der Waals surface area contributed by atoms with Crippen LogP contribution in [0.15, 0.2) is 73.1 Å². The number of aromatic nitrogens is 4. The van der Waals surface area contributed by atoms with Gasteiger partial charge in [-0.15, -0.1) is 5.10 Å². The zero-order valence-electron chi connectivity index (χ0n) is 15.2. The quantitative estimate of drug-likeness (QED) is 0.537. The fourth-order valence-corrected chi connectivity index (χ4v) is 2.68. The predicted molar refractivity (Wildman–Crippen MR) is 104 cm³/mol. The van der Waals surface area contributed by atoms with Gasteiger partial charge in [-0.25, -0.2) is 9.07 Å². The third kappa shape index (κ3) is 4.15. The normalized spacial score (nSPS) is 10.6. The van der Waals surface area contributed by atoms with Crippen molar-refractivity contribution in [2.75, 3.05) is 5.32 Å². The van der Waals surface area contributed by atoms with E-state index in [-0.39, 0.29) is 5.75 Å². The van der Waals surface area contributed by atoms with Crippen LogP contribution in [0.2, 0.25) is 0 Å². The first kappa shape index (κ1) is 17.7. The lowest BCUT2D eigenvalue weighted by atomic mass is 10.3. The summed E-state index contributed by atoms with van der Waals surface area (Å²) in [4.78, 5) is 4.17. The van der Waals surface area contributed by atoms with E-state index in [1.165, 1.54) is 6.07 Å². The second kappa shape index (κ2) is 7.87. The Hall–Kier alpha value is -3.74. The molecule has 0 bridgehead atoms. The number of hydrogen-bond acceptors (Lipinski definition) is 5. The summed E-state index contributed by atoms with van der Waals surface area (Å²) in [5.74, 6) is 0.337. The maximum absolute atomic E-state index is 13.7. The SMILES string of the molecule is Cc1cc(NCc2cn(-c3ccc(Oc4ccccc4F)cc3)nn2)ccn1. The van der Waals surface area contributed by atoms with Crippen LogP contribution in [-0.4, -0.2) is 20.0 Å². The van der Waals surface area contributed by atoms with Gasteiger partial charge in [0, 0.05) is 17.6 Å². The molecule has 0 aliphatic heterocycles. The zero-order valence-corrected chi connectivity index (χ0v) is 15.2. The number of benzene rings is 2. The van der Waals surface area contributed by atoms with Crippen LogP contribution in [0.3, 0.4) is 0 Å². The fourth-order valence-electron chi connectivity index (χ4n) is 2.68. The lowest BCUT2D eigenvalue weighted by molar-refractivity contribution is 0.442. The molecule has 1 N–H and O–H groups in total. The molecule has 0 unspecified atom stereocenters. The van der Waals surface area contributed by atoms with Gasteiger partial charge in [0.1, 0.15) is 11.4 Å². The number of para-hydroxylation sites is 1. The van der Waals surface area contributed by atoms with Crippen molar-refractivity contribution in [1.82, 2.24) is 20.0 Å². The third-order valence-corrected chi connectivity index (χ3v) is 4.08. The van der Waals surface area contributed by atoms with Gasteiger partial charge in [-0.1, -0.05) is 17.3 Å². The van der Waals surface area contributed by atoms with Crippen molar-refractivity contribution < 1.29 is 9.13 Å². The molecule has 4 rings (SSSR count). The molecule has 0 amide bonds. The van der Waals surface area contributed by atoms with Crippen molar-refractivity contribution in [3.05, 3.63) is 90.3 Å². The molecule has 0 saturated heterocycles. The van der Waals surface area contributed by atoms with E-state index in [0.717, 1.165) is 22.8 Å². The van der Waals surface area contributed by atoms with Crippen molar-refractivity contribution in [2.24, 2.45) is 0 Å². The first-order valence-corrected chi connectivity index (χ1v) is 8.78. The van der Waals surface area contributed by atoms with Crippen molar-refractivity contribution in [3.63, 3.8) is 0 Å². The average molecular weight is 375 g/mol. The zero-order chi connectivity index (χ0) is 19.3. The van der Waals surface area contributed by atoms with E-state index < -0.39 is 5.82 Å². The lowest BCUT2D eigenvalue weighted by Crippen LogP contribution is -2.00. The molecule has 0 aliphatic rings. The summed E-state index contributed by atoms with van der Waals surface area (Å²) in [5, 5.41) is 11.6. The van der Waals surface area contributed by atoms with E-state index in [4.69, 9.17) is 4.74 Å². The van der Waals surface area contributed by atoms with E-state index in [1.54, 1.807) is 41.2 Å². The highest BCUT2D eigenvalue weighted by atomic mass is 19.1. The molecule has 2 aromatic carbocycles. The van der Waals surface area contributed by atoms with Crippen molar-refractivity contribution in [1.29, 1.82) is 0 Å². The van der Waals surface area contributed by atoms with Gasteiger partial charge in [0.25, 0.3) is 0 Å². The second-order valence-electron chi connectivity index (χ2n) is 6.22. The minimum atomic E-state index is -0.399. The van der Waals surface area contributed by atoms with E-state index in [2.05, 4.69) is 20.6 Å². The van der Waals surface area contributed by atoms with Crippen LogP contribution in [-0.2, 0) is 6.54 Å². The number of pyridine rings is 1. The highest BCUT2D eigenvalue weighted by Crippen LogP contribution is 2.24. The van der Waals surface area contributed by atoms with Crippen molar-refractivity contribution in [3.8, 4) is 17.2 Å². The minimum Gasteiger partial charge on any atom is -0.454 e.